The maximum atomic E-state index is 5.54. The summed E-state index contributed by atoms with van der Waals surface area (Å²) in [4.78, 5) is 12.6. The summed E-state index contributed by atoms with van der Waals surface area (Å²) in [5.41, 5.74) is 2.69. The second-order valence-corrected chi connectivity index (χ2v) is 3.28. The Labute approximate surface area is 93.5 Å². The first-order valence-corrected chi connectivity index (χ1v) is 5.11. The maximum Gasteiger partial charge on any atom is 0.154 e. The van der Waals surface area contributed by atoms with Crippen LogP contribution in [-0.4, -0.2) is 19.5 Å². The van der Waals surface area contributed by atoms with E-state index in [1.165, 1.54) is 0 Å². The Kier molecular flexibility index (Phi) is 3.23. The SMILES string of the molecule is CCn1ccnc1C(NN)c1ncccn1. The molecule has 2 aromatic rings. The molecule has 84 valence electrons. The Morgan fingerprint density at radius 3 is 2.69 bits per heavy atom. The lowest BCUT2D eigenvalue weighted by Gasteiger charge is -2.14. The smallest absolute Gasteiger partial charge is 0.154 e. The highest BCUT2D eigenvalue weighted by Crippen LogP contribution is 2.15. The molecule has 6 heteroatoms. The fourth-order valence-corrected chi connectivity index (χ4v) is 1.57. The number of aryl methyl sites for hydroxylation is 1. The first-order valence-electron chi connectivity index (χ1n) is 5.11. The van der Waals surface area contributed by atoms with Gasteiger partial charge in [-0.15, -0.1) is 0 Å². The highest BCUT2D eigenvalue weighted by Gasteiger charge is 2.19. The lowest BCUT2D eigenvalue weighted by Crippen LogP contribution is -2.32. The highest BCUT2D eigenvalue weighted by atomic mass is 15.3. The van der Waals surface area contributed by atoms with Crippen LogP contribution in [0.2, 0.25) is 0 Å². The number of imidazole rings is 1. The highest BCUT2D eigenvalue weighted by molar-refractivity contribution is 5.11. The van der Waals surface area contributed by atoms with E-state index in [9.17, 15) is 0 Å². The van der Waals surface area contributed by atoms with Gasteiger partial charge in [-0.3, -0.25) is 5.84 Å². The van der Waals surface area contributed by atoms with Crippen LogP contribution >= 0.6 is 0 Å². The summed E-state index contributed by atoms with van der Waals surface area (Å²) < 4.78 is 2.00. The largest absolute Gasteiger partial charge is 0.333 e. The molecule has 2 heterocycles. The van der Waals surface area contributed by atoms with Crippen molar-refractivity contribution in [3.63, 3.8) is 0 Å². The summed E-state index contributed by atoms with van der Waals surface area (Å²) in [6.07, 6.45) is 7.02. The van der Waals surface area contributed by atoms with Crippen molar-refractivity contribution in [2.45, 2.75) is 19.5 Å². The molecule has 0 aliphatic carbocycles. The van der Waals surface area contributed by atoms with Crippen molar-refractivity contribution >= 4 is 0 Å². The first kappa shape index (κ1) is 10.7. The van der Waals surface area contributed by atoms with Gasteiger partial charge in [0, 0.05) is 31.3 Å². The van der Waals surface area contributed by atoms with Gasteiger partial charge in [0.1, 0.15) is 11.9 Å². The fraction of sp³-hybridized carbons (Fsp3) is 0.300. The van der Waals surface area contributed by atoms with Gasteiger partial charge in [0.25, 0.3) is 0 Å². The standard InChI is InChI=1S/C10H14N6/c1-2-16-7-6-14-10(16)8(15-11)9-12-4-3-5-13-9/h3-8,15H,2,11H2,1H3. The van der Waals surface area contributed by atoms with Gasteiger partial charge in [0.05, 0.1) is 0 Å². The van der Waals surface area contributed by atoms with Crippen molar-refractivity contribution in [3.8, 4) is 0 Å². The Morgan fingerprint density at radius 2 is 2.06 bits per heavy atom. The van der Waals surface area contributed by atoms with Crippen LogP contribution in [0.1, 0.15) is 24.6 Å². The molecular weight excluding hydrogens is 204 g/mol. The Balaban J connectivity index is 2.37. The lowest BCUT2D eigenvalue weighted by atomic mass is 10.2. The van der Waals surface area contributed by atoms with Crippen LogP contribution in [0.3, 0.4) is 0 Å². The number of hydrogen-bond acceptors (Lipinski definition) is 5. The third kappa shape index (κ3) is 1.93. The zero-order valence-corrected chi connectivity index (χ0v) is 9.04. The minimum Gasteiger partial charge on any atom is -0.333 e. The molecule has 0 amide bonds. The predicted octanol–water partition coefficient (Wildman–Crippen LogP) is 0.246. The second-order valence-electron chi connectivity index (χ2n) is 3.28. The molecular formula is C10H14N6. The van der Waals surface area contributed by atoms with Crippen LogP contribution in [0.5, 0.6) is 0 Å². The minimum atomic E-state index is -0.281. The van der Waals surface area contributed by atoms with Gasteiger partial charge in [-0.1, -0.05) is 0 Å². The molecule has 0 saturated heterocycles. The van der Waals surface area contributed by atoms with E-state index in [2.05, 4.69) is 20.4 Å². The first-order chi connectivity index (χ1) is 7.86. The molecule has 0 spiro atoms. The number of nitrogens with zero attached hydrogens (tertiary/aromatic N) is 4. The van der Waals surface area contributed by atoms with Gasteiger partial charge < -0.3 is 4.57 Å². The van der Waals surface area contributed by atoms with Gasteiger partial charge in [0.15, 0.2) is 5.82 Å². The molecule has 0 aliphatic heterocycles. The van der Waals surface area contributed by atoms with Crippen LogP contribution in [0, 0.1) is 0 Å². The average Bonchev–Trinajstić information content (AvgIpc) is 2.80. The molecule has 2 rings (SSSR count). The zero-order valence-electron chi connectivity index (χ0n) is 9.04. The van der Waals surface area contributed by atoms with E-state index in [0.717, 1.165) is 12.4 Å². The van der Waals surface area contributed by atoms with Crippen molar-refractivity contribution in [2.75, 3.05) is 0 Å². The predicted molar refractivity (Wildman–Crippen MR) is 59.1 cm³/mol. The van der Waals surface area contributed by atoms with Crippen LogP contribution in [0.15, 0.2) is 30.9 Å². The number of hydrogen-bond donors (Lipinski definition) is 2. The summed E-state index contributed by atoms with van der Waals surface area (Å²) in [5, 5.41) is 0. The molecule has 0 aliphatic rings. The lowest BCUT2D eigenvalue weighted by molar-refractivity contribution is 0.537. The van der Waals surface area contributed by atoms with Gasteiger partial charge in [-0.25, -0.2) is 20.4 Å². The van der Waals surface area contributed by atoms with E-state index in [1.54, 1.807) is 24.7 Å². The maximum absolute atomic E-state index is 5.54. The van der Waals surface area contributed by atoms with Crippen molar-refractivity contribution < 1.29 is 0 Å². The molecule has 0 radical (unpaired) electrons. The van der Waals surface area contributed by atoms with Crippen LogP contribution in [0.25, 0.3) is 0 Å². The fourth-order valence-electron chi connectivity index (χ4n) is 1.57. The normalized spacial score (nSPS) is 12.6. The molecule has 2 aromatic heterocycles. The minimum absolute atomic E-state index is 0.281. The van der Waals surface area contributed by atoms with Gasteiger partial charge >= 0.3 is 0 Å². The topological polar surface area (TPSA) is 81.7 Å². The Bertz CT molecular complexity index is 438. The average molecular weight is 218 g/mol. The van der Waals surface area contributed by atoms with Gasteiger partial charge in [-0.05, 0) is 13.0 Å². The number of hydrazine groups is 1. The van der Waals surface area contributed by atoms with E-state index in [0.29, 0.717) is 5.82 Å². The van der Waals surface area contributed by atoms with Crippen LogP contribution < -0.4 is 11.3 Å². The third-order valence-electron chi connectivity index (χ3n) is 2.36. The van der Waals surface area contributed by atoms with Crippen LogP contribution in [-0.2, 0) is 6.54 Å². The van der Waals surface area contributed by atoms with E-state index in [1.807, 2.05) is 17.7 Å². The van der Waals surface area contributed by atoms with Gasteiger partial charge in [0.2, 0.25) is 0 Å². The van der Waals surface area contributed by atoms with Crippen molar-refractivity contribution in [2.24, 2.45) is 5.84 Å². The summed E-state index contributed by atoms with van der Waals surface area (Å²) in [6.45, 7) is 2.88. The Hall–Kier alpha value is -1.79. The molecule has 0 aromatic carbocycles. The third-order valence-corrected chi connectivity index (χ3v) is 2.36. The Morgan fingerprint density at radius 1 is 1.31 bits per heavy atom. The number of nitrogens with one attached hydrogen (secondary N) is 1. The van der Waals surface area contributed by atoms with E-state index < -0.39 is 0 Å². The summed E-state index contributed by atoms with van der Waals surface area (Å²) in [6, 6.07) is 1.49. The van der Waals surface area contributed by atoms with E-state index in [-0.39, 0.29) is 6.04 Å². The second kappa shape index (κ2) is 4.82. The zero-order chi connectivity index (χ0) is 11.4. The van der Waals surface area contributed by atoms with Crippen LogP contribution in [0.4, 0.5) is 0 Å². The van der Waals surface area contributed by atoms with Crippen molar-refractivity contribution in [1.82, 2.24) is 24.9 Å². The molecule has 16 heavy (non-hydrogen) atoms. The monoisotopic (exact) mass is 218 g/mol. The summed E-state index contributed by atoms with van der Waals surface area (Å²) in [5.74, 6) is 6.97. The molecule has 1 atom stereocenters. The molecule has 0 bridgehead atoms. The van der Waals surface area contributed by atoms with Crippen molar-refractivity contribution in [1.29, 1.82) is 0 Å². The quantitative estimate of drug-likeness (QED) is 0.567. The van der Waals surface area contributed by atoms with E-state index >= 15 is 0 Å². The molecule has 0 saturated carbocycles. The summed E-state index contributed by atoms with van der Waals surface area (Å²) >= 11 is 0. The summed E-state index contributed by atoms with van der Waals surface area (Å²) in [7, 11) is 0. The number of rotatable bonds is 4. The number of aromatic nitrogens is 4. The molecule has 1 unspecified atom stereocenters. The van der Waals surface area contributed by atoms with E-state index in [4.69, 9.17) is 5.84 Å². The molecule has 3 N–H and O–H groups in total. The number of nitrogens with two attached hydrogens (primary N) is 1. The van der Waals surface area contributed by atoms with Crippen molar-refractivity contribution in [3.05, 3.63) is 42.5 Å². The van der Waals surface area contributed by atoms with Gasteiger partial charge in [-0.2, -0.15) is 0 Å². The molecule has 0 fully saturated rings. The molecule has 6 nitrogen and oxygen atoms in total.